The van der Waals surface area contributed by atoms with Crippen LogP contribution in [0.1, 0.15) is 65.2 Å². The number of aliphatic hydroxyl groups excluding tert-OH is 1. The molecule has 0 aromatic heterocycles. The number of aliphatic carboxylic acids is 1. The van der Waals surface area contributed by atoms with Crippen molar-refractivity contribution in [2.45, 2.75) is 65.2 Å². The number of carbonyl (C=O) groups is 3. The molecule has 0 heterocycles. The summed E-state index contributed by atoms with van der Waals surface area (Å²) < 4.78 is 0. The summed E-state index contributed by atoms with van der Waals surface area (Å²) in [5, 5.41) is 17.7. The lowest BCUT2D eigenvalue weighted by Crippen LogP contribution is -2.53. The second-order valence-electron chi connectivity index (χ2n) is 8.80. The van der Waals surface area contributed by atoms with E-state index in [-0.39, 0.29) is 23.2 Å². The highest BCUT2D eigenvalue weighted by molar-refractivity contribution is 5.91. The Bertz CT molecular complexity index is 647. The lowest BCUT2D eigenvalue weighted by molar-refractivity contribution is -0.135. The number of hydrogen-bond acceptors (Lipinski definition) is 4. The average molecular weight is 362 g/mol. The maximum absolute atomic E-state index is 12.4. The Morgan fingerprint density at radius 1 is 1.12 bits per heavy atom. The highest BCUT2D eigenvalue weighted by Crippen LogP contribution is 2.64. The van der Waals surface area contributed by atoms with Crippen LogP contribution >= 0.6 is 0 Å². The maximum Gasteiger partial charge on any atom is 0.300 e. The van der Waals surface area contributed by atoms with Crippen molar-refractivity contribution in [3.8, 4) is 0 Å². The van der Waals surface area contributed by atoms with E-state index in [0.29, 0.717) is 30.0 Å². The molecule has 5 atom stereocenters. The summed E-state index contributed by atoms with van der Waals surface area (Å²) >= 11 is 0. The first kappa shape index (κ1) is 19.3. The second kappa shape index (κ2) is 6.91. The molecule has 5 nitrogen and oxygen atoms in total. The van der Waals surface area contributed by atoms with Gasteiger partial charge in [-0.15, -0.1) is 0 Å². The standard InChI is InChI=1S/C19H26O3.C2H4O2/c1-18-8-7-16-14(15(18)4-5-17(18)22)3-2-12-10-13(21)6-9-19(12,16)11-20;1-2(3)4/h10,14-16,20H,2-9,11H2,1H3;1H3,(H,3,4)/t14-,15-,16-,18-,19+;/m0./s1. The zero-order chi connectivity index (χ0) is 19.1. The minimum atomic E-state index is -0.833. The van der Waals surface area contributed by atoms with E-state index in [1.807, 2.05) is 6.08 Å². The molecule has 2 N–H and O–H groups in total. The Hall–Kier alpha value is -1.49. The van der Waals surface area contributed by atoms with Crippen LogP contribution in [0.15, 0.2) is 11.6 Å². The molecule has 0 aliphatic heterocycles. The zero-order valence-electron chi connectivity index (χ0n) is 15.8. The quantitative estimate of drug-likeness (QED) is 0.748. The predicted octanol–water partition coefficient (Wildman–Crippen LogP) is 3.15. The lowest BCUT2D eigenvalue weighted by atomic mass is 9.47. The highest BCUT2D eigenvalue weighted by Gasteiger charge is 2.59. The van der Waals surface area contributed by atoms with Gasteiger partial charge in [0.1, 0.15) is 5.78 Å². The summed E-state index contributed by atoms with van der Waals surface area (Å²) in [6.45, 7) is 3.44. The first-order valence-corrected chi connectivity index (χ1v) is 9.82. The van der Waals surface area contributed by atoms with Crippen molar-refractivity contribution >= 4 is 17.5 Å². The van der Waals surface area contributed by atoms with E-state index in [2.05, 4.69) is 6.92 Å². The molecule has 0 aromatic carbocycles. The third kappa shape index (κ3) is 2.94. The van der Waals surface area contributed by atoms with Gasteiger partial charge in [0.2, 0.25) is 0 Å². The molecule has 0 spiro atoms. The SMILES string of the molecule is CC(=O)O.C[C@]12CC[C@H]3[C@@H](CCC4=CC(=O)CC[C@@]43CO)[C@@H]1CCC2=O. The molecule has 3 fully saturated rings. The van der Waals surface area contributed by atoms with Gasteiger partial charge in [0, 0.05) is 30.6 Å². The molecule has 0 unspecified atom stereocenters. The van der Waals surface area contributed by atoms with Crippen LogP contribution in [0.2, 0.25) is 0 Å². The van der Waals surface area contributed by atoms with Gasteiger partial charge in [-0.2, -0.15) is 0 Å². The summed E-state index contributed by atoms with van der Waals surface area (Å²) in [6, 6.07) is 0. The normalized spacial score (nSPS) is 41.2. The van der Waals surface area contributed by atoms with Crippen molar-refractivity contribution < 1.29 is 24.6 Å². The summed E-state index contributed by atoms with van der Waals surface area (Å²) in [5.74, 6) is 1.39. The van der Waals surface area contributed by atoms with Crippen molar-refractivity contribution in [3.63, 3.8) is 0 Å². The number of carbonyl (C=O) groups excluding carboxylic acids is 2. The van der Waals surface area contributed by atoms with E-state index in [1.165, 1.54) is 5.57 Å². The second-order valence-corrected chi connectivity index (χ2v) is 8.80. The van der Waals surface area contributed by atoms with Gasteiger partial charge in [-0.25, -0.2) is 0 Å². The minimum absolute atomic E-state index is 0.108. The average Bonchev–Trinajstić information content (AvgIpc) is 2.89. The smallest absolute Gasteiger partial charge is 0.300 e. The van der Waals surface area contributed by atoms with Crippen LogP contribution in [-0.2, 0) is 14.4 Å². The molecule has 5 heteroatoms. The predicted molar refractivity (Wildman–Crippen MR) is 96.4 cm³/mol. The number of Topliss-reactive ketones (excluding diaryl/α,β-unsaturated/α-hetero) is 1. The molecule has 0 bridgehead atoms. The fraction of sp³-hybridized carbons (Fsp3) is 0.762. The molecular formula is C21H30O5. The molecule has 0 saturated heterocycles. The van der Waals surface area contributed by atoms with E-state index in [0.717, 1.165) is 51.9 Å². The fourth-order valence-corrected chi connectivity index (χ4v) is 6.43. The van der Waals surface area contributed by atoms with Gasteiger partial charge in [0.25, 0.3) is 5.97 Å². The van der Waals surface area contributed by atoms with Gasteiger partial charge in [-0.3, -0.25) is 14.4 Å². The Kier molecular flexibility index (Phi) is 5.13. The van der Waals surface area contributed by atoms with Crippen LogP contribution in [0.3, 0.4) is 0 Å². The summed E-state index contributed by atoms with van der Waals surface area (Å²) in [7, 11) is 0. The van der Waals surface area contributed by atoms with Crippen LogP contribution in [0.4, 0.5) is 0 Å². The monoisotopic (exact) mass is 362 g/mol. The van der Waals surface area contributed by atoms with Gasteiger partial charge in [0.15, 0.2) is 5.78 Å². The van der Waals surface area contributed by atoms with E-state index >= 15 is 0 Å². The number of hydrogen-bond donors (Lipinski definition) is 2. The summed E-state index contributed by atoms with van der Waals surface area (Å²) in [4.78, 5) is 33.2. The molecule has 4 aliphatic carbocycles. The number of rotatable bonds is 1. The molecular weight excluding hydrogens is 332 g/mol. The molecule has 0 aromatic rings. The van der Waals surface area contributed by atoms with Gasteiger partial charge in [-0.1, -0.05) is 12.5 Å². The van der Waals surface area contributed by atoms with Crippen LogP contribution in [0, 0.1) is 28.6 Å². The Balaban J connectivity index is 0.000000447. The van der Waals surface area contributed by atoms with Crippen molar-refractivity contribution in [3.05, 3.63) is 11.6 Å². The Labute approximate surface area is 154 Å². The molecule has 3 saturated carbocycles. The van der Waals surface area contributed by atoms with Crippen molar-refractivity contribution in [2.24, 2.45) is 28.6 Å². The van der Waals surface area contributed by atoms with E-state index in [1.54, 1.807) is 0 Å². The number of carboxylic acids is 1. The van der Waals surface area contributed by atoms with Gasteiger partial charge >= 0.3 is 0 Å². The topological polar surface area (TPSA) is 91.7 Å². The van der Waals surface area contributed by atoms with Crippen LogP contribution in [0.25, 0.3) is 0 Å². The first-order chi connectivity index (χ1) is 12.2. The molecule has 0 radical (unpaired) electrons. The maximum atomic E-state index is 12.4. The van der Waals surface area contributed by atoms with Crippen LogP contribution in [0.5, 0.6) is 0 Å². The fourth-order valence-electron chi connectivity index (χ4n) is 6.43. The van der Waals surface area contributed by atoms with Gasteiger partial charge < -0.3 is 10.2 Å². The van der Waals surface area contributed by atoms with E-state index < -0.39 is 5.97 Å². The number of fused-ring (bicyclic) bond motifs is 5. The van der Waals surface area contributed by atoms with E-state index in [9.17, 15) is 14.7 Å². The Morgan fingerprint density at radius 3 is 2.46 bits per heavy atom. The first-order valence-electron chi connectivity index (χ1n) is 9.82. The molecule has 0 amide bonds. The molecule has 26 heavy (non-hydrogen) atoms. The van der Waals surface area contributed by atoms with Crippen LogP contribution < -0.4 is 0 Å². The van der Waals surface area contributed by atoms with Crippen molar-refractivity contribution in [2.75, 3.05) is 6.61 Å². The molecule has 4 aliphatic rings. The van der Waals surface area contributed by atoms with Gasteiger partial charge in [0.05, 0.1) is 6.61 Å². The third-order valence-corrected chi connectivity index (χ3v) is 7.68. The number of ketones is 2. The van der Waals surface area contributed by atoms with Gasteiger partial charge in [-0.05, 0) is 62.4 Å². The van der Waals surface area contributed by atoms with Crippen molar-refractivity contribution in [1.29, 1.82) is 0 Å². The Morgan fingerprint density at radius 2 is 1.81 bits per heavy atom. The van der Waals surface area contributed by atoms with E-state index in [4.69, 9.17) is 9.90 Å². The third-order valence-electron chi connectivity index (χ3n) is 7.68. The van der Waals surface area contributed by atoms with Crippen molar-refractivity contribution in [1.82, 2.24) is 0 Å². The highest BCUT2D eigenvalue weighted by atomic mass is 16.4. The largest absolute Gasteiger partial charge is 0.481 e. The summed E-state index contributed by atoms with van der Waals surface area (Å²) in [6.07, 6.45) is 9.06. The van der Waals surface area contributed by atoms with Crippen LogP contribution in [-0.4, -0.2) is 34.4 Å². The number of aliphatic hydroxyl groups is 1. The number of carboxylic acid groups (broad SMARTS) is 1. The molecule has 144 valence electrons. The zero-order valence-corrected chi connectivity index (χ0v) is 15.8. The minimum Gasteiger partial charge on any atom is -0.481 e. The lowest BCUT2D eigenvalue weighted by Gasteiger charge is -2.57. The molecule has 4 rings (SSSR count). The summed E-state index contributed by atoms with van der Waals surface area (Å²) in [5.41, 5.74) is 0.938.